The highest BCUT2D eigenvalue weighted by Crippen LogP contribution is 2.22. The van der Waals surface area contributed by atoms with Crippen molar-refractivity contribution in [2.24, 2.45) is 0 Å². The van der Waals surface area contributed by atoms with Crippen LogP contribution in [0.15, 0.2) is 18.2 Å². The Hall–Kier alpha value is -1.22. The van der Waals surface area contributed by atoms with Crippen LogP contribution in [0.3, 0.4) is 0 Å². The zero-order chi connectivity index (χ0) is 9.84. The number of hydrogen-bond acceptors (Lipinski definition) is 3. The number of nitrogen functional groups attached to an aromatic ring is 2. The average Bonchev–Trinajstić information content (AvgIpc) is 2.03. The van der Waals surface area contributed by atoms with Crippen LogP contribution in [0.4, 0.5) is 11.4 Å². The van der Waals surface area contributed by atoms with Crippen molar-refractivity contribution in [1.29, 1.82) is 0 Å². The SMILES string of the molecule is CCCC(O)c1cc(N)cc(N)c1. The summed E-state index contributed by atoms with van der Waals surface area (Å²) in [5.74, 6) is 0. The van der Waals surface area contributed by atoms with Gasteiger partial charge < -0.3 is 16.6 Å². The Morgan fingerprint density at radius 1 is 1.23 bits per heavy atom. The van der Waals surface area contributed by atoms with Gasteiger partial charge in [0.25, 0.3) is 0 Å². The van der Waals surface area contributed by atoms with E-state index in [1.807, 2.05) is 6.92 Å². The van der Waals surface area contributed by atoms with Crippen molar-refractivity contribution in [3.05, 3.63) is 23.8 Å². The van der Waals surface area contributed by atoms with Gasteiger partial charge in [-0.2, -0.15) is 0 Å². The van der Waals surface area contributed by atoms with Gasteiger partial charge in [0.15, 0.2) is 0 Å². The monoisotopic (exact) mass is 180 g/mol. The average molecular weight is 180 g/mol. The third-order valence-electron chi connectivity index (χ3n) is 1.95. The molecular weight excluding hydrogens is 164 g/mol. The Morgan fingerprint density at radius 2 is 1.77 bits per heavy atom. The van der Waals surface area contributed by atoms with E-state index in [-0.39, 0.29) is 0 Å². The van der Waals surface area contributed by atoms with E-state index in [0.29, 0.717) is 11.4 Å². The Labute approximate surface area is 78.4 Å². The summed E-state index contributed by atoms with van der Waals surface area (Å²) >= 11 is 0. The minimum atomic E-state index is -0.448. The number of nitrogens with two attached hydrogens (primary N) is 2. The van der Waals surface area contributed by atoms with E-state index in [1.54, 1.807) is 18.2 Å². The molecule has 13 heavy (non-hydrogen) atoms. The summed E-state index contributed by atoms with van der Waals surface area (Å²) in [6.45, 7) is 2.03. The smallest absolute Gasteiger partial charge is 0.0791 e. The molecule has 3 heteroatoms. The van der Waals surface area contributed by atoms with E-state index in [1.165, 1.54) is 0 Å². The summed E-state index contributed by atoms with van der Waals surface area (Å²) in [4.78, 5) is 0. The van der Waals surface area contributed by atoms with Gasteiger partial charge in [-0.05, 0) is 30.2 Å². The first-order valence-electron chi connectivity index (χ1n) is 4.47. The normalized spacial score (nSPS) is 12.8. The van der Waals surface area contributed by atoms with E-state index < -0.39 is 6.10 Å². The third kappa shape index (κ3) is 2.63. The largest absolute Gasteiger partial charge is 0.399 e. The molecule has 1 rings (SSSR count). The molecule has 0 aliphatic rings. The molecule has 3 nitrogen and oxygen atoms in total. The molecule has 0 bridgehead atoms. The molecule has 5 N–H and O–H groups in total. The summed E-state index contributed by atoms with van der Waals surface area (Å²) in [6.07, 6.45) is 1.23. The molecule has 1 aromatic carbocycles. The van der Waals surface area contributed by atoms with Crippen LogP contribution < -0.4 is 11.5 Å². The summed E-state index contributed by atoms with van der Waals surface area (Å²) in [5, 5.41) is 9.66. The van der Waals surface area contributed by atoms with Gasteiger partial charge in [-0.25, -0.2) is 0 Å². The number of benzene rings is 1. The fourth-order valence-electron chi connectivity index (χ4n) is 1.33. The lowest BCUT2D eigenvalue weighted by Crippen LogP contribution is -2.00. The minimum absolute atomic E-state index is 0.448. The van der Waals surface area contributed by atoms with Gasteiger partial charge in [-0.3, -0.25) is 0 Å². The number of rotatable bonds is 3. The fraction of sp³-hybridized carbons (Fsp3) is 0.400. The Balaban J connectivity index is 2.87. The highest BCUT2D eigenvalue weighted by Gasteiger charge is 2.06. The van der Waals surface area contributed by atoms with Crippen LogP contribution in [0.1, 0.15) is 31.4 Å². The molecule has 0 spiro atoms. The van der Waals surface area contributed by atoms with Crippen LogP contribution in [0.2, 0.25) is 0 Å². The van der Waals surface area contributed by atoms with Crippen molar-refractivity contribution in [2.45, 2.75) is 25.9 Å². The van der Waals surface area contributed by atoms with E-state index in [9.17, 15) is 5.11 Å². The molecule has 0 aliphatic heterocycles. The van der Waals surface area contributed by atoms with Crippen LogP contribution in [0.5, 0.6) is 0 Å². The van der Waals surface area contributed by atoms with Gasteiger partial charge >= 0.3 is 0 Å². The molecule has 72 valence electrons. The molecule has 1 unspecified atom stereocenters. The Kier molecular flexibility index (Phi) is 3.14. The van der Waals surface area contributed by atoms with Gasteiger partial charge in [-0.15, -0.1) is 0 Å². The summed E-state index contributed by atoms with van der Waals surface area (Å²) in [6, 6.07) is 5.20. The van der Waals surface area contributed by atoms with Crippen molar-refractivity contribution in [3.8, 4) is 0 Å². The highest BCUT2D eigenvalue weighted by atomic mass is 16.3. The van der Waals surface area contributed by atoms with Crippen LogP contribution in [-0.4, -0.2) is 5.11 Å². The predicted octanol–water partition coefficient (Wildman–Crippen LogP) is 1.68. The first-order valence-corrected chi connectivity index (χ1v) is 4.47. The summed E-state index contributed by atoms with van der Waals surface area (Å²) in [5.41, 5.74) is 13.2. The predicted molar refractivity (Wildman–Crippen MR) is 55.1 cm³/mol. The molecule has 0 aromatic heterocycles. The van der Waals surface area contributed by atoms with E-state index in [4.69, 9.17) is 11.5 Å². The molecule has 0 fully saturated rings. The van der Waals surface area contributed by atoms with Crippen molar-refractivity contribution in [2.75, 3.05) is 11.5 Å². The number of aliphatic hydroxyl groups excluding tert-OH is 1. The molecule has 1 aromatic rings. The van der Waals surface area contributed by atoms with Crippen molar-refractivity contribution in [1.82, 2.24) is 0 Å². The van der Waals surface area contributed by atoms with Gasteiger partial charge in [0.2, 0.25) is 0 Å². The summed E-state index contributed by atoms with van der Waals surface area (Å²) in [7, 11) is 0. The van der Waals surface area contributed by atoms with E-state index >= 15 is 0 Å². The van der Waals surface area contributed by atoms with Gasteiger partial charge in [0.1, 0.15) is 0 Å². The molecule has 0 radical (unpaired) electrons. The molecule has 0 saturated carbocycles. The molecular formula is C10H16N2O. The number of hydrogen-bond donors (Lipinski definition) is 3. The molecule has 0 aliphatic carbocycles. The van der Waals surface area contributed by atoms with Crippen LogP contribution in [-0.2, 0) is 0 Å². The van der Waals surface area contributed by atoms with Gasteiger partial charge in [0.05, 0.1) is 6.10 Å². The highest BCUT2D eigenvalue weighted by molar-refractivity contribution is 5.54. The zero-order valence-corrected chi connectivity index (χ0v) is 7.83. The van der Waals surface area contributed by atoms with E-state index in [2.05, 4.69) is 0 Å². The lowest BCUT2D eigenvalue weighted by atomic mass is 10.0. The molecule has 0 saturated heterocycles. The number of anilines is 2. The molecule has 0 heterocycles. The first kappa shape index (κ1) is 9.86. The maximum Gasteiger partial charge on any atom is 0.0791 e. The Bertz CT molecular complexity index is 266. The lowest BCUT2D eigenvalue weighted by molar-refractivity contribution is 0.166. The fourth-order valence-corrected chi connectivity index (χ4v) is 1.33. The third-order valence-corrected chi connectivity index (χ3v) is 1.95. The maximum absolute atomic E-state index is 9.66. The minimum Gasteiger partial charge on any atom is -0.399 e. The molecule has 1 atom stereocenters. The lowest BCUT2D eigenvalue weighted by Gasteiger charge is -2.10. The quantitative estimate of drug-likeness (QED) is 0.620. The van der Waals surface area contributed by atoms with Crippen LogP contribution >= 0.6 is 0 Å². The molecule has 0 amide bonds. The second-order valence-corrected chi connectivity index (χ2v) is 3.24. The maximum atomic E-state index is 9.66. The van der Waals surface area contributed by atoms with E-state index in [0.717, 1.165) is 18.4 Å². The second kappa shape index (κ2) is 4.14. The van der Waals surface area contributed by atoms with Crippen LogP contribution in [0, 0.1) is 0 Å². The van der Waals surface area contributed by atoms with Crippen molar-refractivity contribution in [3.63, 3.8) is 0 Å². The standard InChI is InChI=1S/C10H16N2O/c1-2-3-10(13)7-4-8(11)6-9(12)5-7/h4-6,10,13H,2-3,11-12H2,1H3. The topological polar surface area (TPSA) is 72.3 Å². The van der Waals surface area contributed by atoms with Crippen molar-refractivity contribution < 1.29 is 5.11 Å². The zero-order valence-electron chi connectivity index (χ0n) is 7.83. The van der Waals surface area contributed by atoms with Crippen molar-refractivity contribution >= 4 is 11.4 Å². The van der Waals surface area contributed by atoms with Gasteiger partial charge in [0, 0.05) is 11.4 Å². The number of aliphatic hydroxyl groups is 1. The second-order valence-electron chi connectivity index (χ2n) is 3.24. The summed E-state index contributed by atoms with van der Waals surface area (Å²) < 4.78 is 0. The Morgan fingerprint density at radius 3 is 2.23 bits per heavy atom. The first-order chi connectivity index (χ1) is 6.13. The van der Waals surface area contributed by atoms with Crippen LogP contribution in [0.25, 0.3) is 0 Å². The van der Waals surface area contributed by atoms with Gasteiger partial charge in [-0.1, -0.05) is 13.3 Å².